The molecule has 0 unspecified atom stereocenters. The second kappa shape index (κ2) is 8.89. The molecule has 1 heterocycles. The number of oxazole rings is 1. The summed E-state index contributed by atoms with van der Waals surface area (Å²) < 4.78 is 38.3. The molecule has 1 aliphatic rings. The van der Waals surface area contributed by atoms with Gasteiger partial charge in [0.1, 0.15) is 11.6 Å². The van der Waals surface area contributed by atoms with E-state index < -0.39 is 11.6 Å². The first kappa shape index (κ1) is 18.5. The number of halogens is 2. The number of rotatable bonds is 10. The van der Waals surface area contributed by atoms with Gasteiger partial charge in [0.05, 0.1) is 11.8 Å². The van der Waals surface area contributed by atoms with Gasteiger partial charge in [0.25, 0.3) is 0 Å². The van der Waals surface area contributed by atoms with Crippen molar-refractivity contribution in [3.8, 4) is 11.3 Å². The maximum Gasteiger partial charge on any atom is 0.220 e. The van der Waals surface area contributed by atoms with Crippen molar-refractivity contribution >= 4 is 5.91 Å². The molecule has 0 saturated heterocycles. The van der Waals surface area contributed by atoms with Gasteiger partial charge in [-0.25, -0.2) is 13.8 Å². The fourth-order valence-corrected chi connectivity index (χ4v) is 2.52. The molecule has 0 radical (unpaired) electrons. The van der Waals surface area contributed by atoms with Crippen LogP contribution in [0, 0.1) is 17.6 Å². The SMILES string of the molecule is O=C(CCc1ncc(-c2c(F)cccc2F)o1)NCCCOCC1CC1. The van der Waals surface area contributed by atoms with Crippen molar-refractivity contribution in [2.45, 2.75) is 32.1 Å². The van der Waals surface area contributed by atoms with Gasteiger partial charge in [0.2, 0.25) is 5.91 Å². The Morgan fingerprint density at radius 3 is 2.81 bits per heavy atom. The van der Waals surface area contributed by atoms with Crippen LogP contribution in [0.5, 0.6) is 0 Å². The fourth-order valence-electron chi connectivity index (χ4n) is 2.52. The molecule has 0 spiro atoms. The second-order valence-electron chi connectivity index (χ2n) is 6.44. The minimum absolute atomic E-state index is 0.0174. The highest BCUT2D eigenvalue weighted by molar-refractivity contribution is 5.76. The third-order valence-corrected chi connectivity index (χ3v) is 4.17. The number of hydrogen-bond acceptors (Lipinski definition) is 4. The molecule has 140 valence electrons. The van der Waals surface area contributed by atoms with Crippen LogP contribution in [-0.4, -0.2) is 30.6 Å². The molecule has 1 saturated carbocycles. The maximum absolute atomic E-state index is 13.7. The zero-order valence-electron chi connectivity index (χ0n) is 14.5. The molecule has 1 N–H and O–H groups in total. The van der Waals surface area contributed by atoms with Crippen LogP contribution >= 0.6 is 0 Å². The number of aryl methyl sites for hydroxylation is 1. The Morgan fingerprint density at radius 1 is 1.31 bits per heavy atom. The maximum atomic E-state index is 13.7. The van der Waals surface area contributed by atoms with Crippen LogP contribution in [0.15, 0.2) is 28.8 Å². The minimum atomic E-state index is -0.714. The number of ether oxygens (including phenoxy) is 1. The normalized spacial score (nSPS) is 13.8. The minimum Gasteiger partial charge on any atom is -0.441 e. The van der Waals surface area contributed by atoms with Crippen molar-refractivity contribution in [1.29, 1.82) is 0 Å². The third-order valence-electron chi connectivity index (χ3n) is 4.17. The summed E-state index contributed by atoms with van der Waals surface area (Å²) in [4.78, 5) is 15.8. The van der Waals surface area contributed by atoms with E-state index in [1.54, 1.807) is 0 Å². The molecule has 2 aromatic rings. The van der Waals surface area contributed by atoms with E-state index in [2.05, 4.69) is 10.3 Å². The average molecular weight is 364 g/mol. The van der Waals surface area contributed by atoms with Gasteiger partial charge < -0.3 is 14.5 Å². The highest BCUT2D eigenvalue weighted by Crippen LogP contribution is 2.28. The zero-order chi connectivity index (χ0) is 18.4. The van der Waals surface area contributed by atoms with Crippen molar-refractivity contribution < 1.29 is 22.7 Å². The van der Waals surface area contributed by atoms with Gasteiger partial charge in [-0.15, -0.1) is 0 Å². The molecular formula is C19H22F2N2O3. The van der Waals surface area contributed by atoms with Gasteiger partial charge in [0, 0.05) is 32.6 Å². The monoisotopic (exact) mass is 364 g/mol. The van der Waals surface area contributed by atoms with Crippen LogP contribution in [0.3, 0.4) is 0 Å². The Balaban J connectivity index is 1.38. The summed E-state index contributed by atoms with van der Waals surface area (Å²) in [5, 5.41) is 2.80. The molecule has 1 aliphatic carbocycles. The van der Waals surface area contributed by atoms with E-state index in [0.29, 0.717) is 13.2 Å². The van der Waals surface area contributed by atoms with Gasteiger partial charge in [-0.2, -0.15) is 0 Å². The Hall–Kier alpha value is -2.28. The predicted octanol–water partition coefficient (Wildman–Crippen LogP) is 3.49. The summed E-state index contributed by atoms with van der Waals surface area (Å²) in [6.07, 6.45) is 5.04. The number of hydrogen-bond donors (Lipinski definition) is 1. The molecule has 26 heavy (non-hydrogen) atoms. The first-order valence-electron chi connectivity index (χ1n) is 8.87. The number of amides is 1. The van der Waals surface area contributed by atoms with Crippen molar-refractivity contribution in [2.24, 2.45) is 5.92 Å². The van der Waals surface area contributed by atoms with Gasteiger partial charge in [-0.3, -0.25) is 4.79 Å². The summed E-state index contributed by atoms with van der Waals surface area (Å²) >= 11 is 0. The number of carbonyl (C=O) groups is 1. The van der Waals surface area contributed by atoms with E-state index in [4.69, 9.17) is 9.15 Å². The second-order valence-corrected chi connectivity index (χ2v) is 6.44. The van der Waals surface area contributed by atoms with Crippen LogP contribution in [0.2, 0.25) is 0 Å². The van der Waals surface area contributed by atoms with Crippen LogP contribution < -0.4 is 5.32 Å². The number of nitrogens with zero attached hydrogens (tertiary/aromatic N) is 1. The van der Waals surface area contributed by atoms with Crippen LogP contribution in [0.25, 0.3) is 11.3 Å². The largest absolute Gasteiger partial charge is 0.441 e. The number of benzene rings is 1. The van der Waals surface area contributed by atoms with Crippen molar-refractivity contribution in [1.82, 2.24) is 10.3 Å². The Bertz CT molecular complexity index is 724. The van der Waals surface area contributed by atoms with E-state index in [1.165, 1.54) is 25.1 Å². The molecule has 7 heteroatoms. The van der Waals surface area contributed by atoms with Crippen molar-refractivity contribution in [2.75, 3.05) is 19.8 Å². The average Bonchev–Trinajstić information content (AvgIpc) is 3.33. The standard InChI is InChI=1S/C19H22F2N2O3/c20-14-3-1-4-15(21)19(14)16-11-23-18(26-16)8-7-17(24)22-9-2-10-25-12-13-5-6-13/h1,3-4,11,13H,2,5-10,12H2,(H,22,24). The number of carbonyl (C=O) groups excluding carboxylic acids is 1. The third kappa shape index (κ3) is 5.36. The van der Waals surface area contributed by atoms with E-state index in [0.717, 1.165) is 31.1 Å². The van der Waals surface area contributed by atoms with Crippen LogP contribution in [0.1, 0.15) is 31.6 Å². The van der Waals surface area contributed by atoms with Gasteiger partial charge in [-0.05, 0) is 37.3 Å². The molecule has 1 aromatic carbocycles. The molecule has 0 bridgehead atoms. The molecule has 0 atom stereocenters. The molecule has 1 fully saturated rings. The molecule has 5 nitrogen and oxygen atoms in total. The molecule has 1 aromatic heterocycles. The lowest BCUT2D eigenvalue weighted by Gasteiger charge is -2.05. The fraction of sp³-hybridized carbons (Fsp3) is 0.474. The highest BCUT2D eigenvalue weighted by Gasteiger charge is 2.20. The molecule has 0 aliphatic heterocycles. The van der Waals surface area contributed by atoms with Crippen LogP contribution in [0.4, 0.5) is 8.78 Å². The van der Waals surface area contributed by atoms with E-state index in [9.17, 15) is 13.6 Å². The Kier molecular flexibility index (Phi) is 6.33. The summed E-state index contributed by atoms with van der Waals surface area (Å²) in [5.74, 6) is -0.518. The first-order chi connectivity index (χ1) is 12.6. The van der Waals surface area contributed by atoms with Gasteiger partial charge in [-0.1, -0.05) is 6.07 Å². The van der Waals surface area contributed by atoms with Crippen molar-refractivity contribution in [3.63, 3.8) is 0 Å². The Labute approximate surface area is 150 Å². The zero-order valence-corrected chi connectivity index (χ0v) is 14.5. The summed E-state index contributed by atoms with van der Waals surface area (Å²) in [6, 6.07) is 3.59. The molecular weight excluding hydrogens is 342 g/mol. The van der Waals surface area contributed by atoms with Crippen LogP contribution in [-0.2, 0) is 16.0 Å². The summed E-state index contributed by atoms with van der Waals surface area (Å²) in [7, 11) is 0. The molecule has 3 rings (SSSR count). The lowest BCUT2D eigenvalue weighted by Crippen LogP contribution is -2.25. The lowest BCUT2D eigenvalue weighted by molar-refractivity contribution is -0.121. The van der Waals surface area contributed by atoms with Gasteiger partial charge in [0.15, 0.2) is 11.7 Å². The summed E-state index contributed by atoms with van der Waals surface area (Å²) in [5.41, 5.74) is -0.248. The van der Waals surface area contributed by atoms with E-state index in [-0.39, 0.29) is 36.0 Å². The topological polar surface area (TPSA) is 64.4 Å². The number of nitrogens with one attached hydrogen (secondary N) is 1. The lowest BCUT2D eigenvalue weighted by atomic mass is 10.1. The highest BCUT2D eigenvalue weighted by atomic mass is 19.1. The van der Waals surface area contributed by atoms with E-state index in [1.807, 2.05) is 0 Å². The van der Waals surface area contributed by atoms with Crippen molar-refractivity contribution in [3.05, 3.63) is 41.9 Å². The summed E-state index contributed by atoms with van der Waals surface area (Å²) in [6.45, 7) is 2.03. The molecule has 1 amide bonds. The first-order valence-corrected chi connectivity index (χ1v) is 8.87. The number of aromatic nitrogens is 1. The quantitative estimate of drug-likeness (QED) is 0.656. The van der Waals surface area contributed by atoms with Gasteiger partial charge >= 0.3 is 0 Å². The Morgan fingerprint density at radius 2 is 2.08 bits per heavy atom. The predicted molar refractivity (Wildman–Crippen MR) is 91.3 cm³/mol. The van der Waals surface area contributed by atoms with E-state index >= 15 is 0 Å². The smallest absolute Gasteiger partial charge is 0.220 e.